The van der Waals surface area contributed by atoms with Gasteiger partial charge in [-0.05, 0) is 75.3 Å². The SMILES string of the molecule is CCN(CC)CCNC(=O)c1c(C)[nH]c(/C=C2\C(=O)Nc3ccc(-c4cn(-c5ccccc5)nc4C)cc32)c1C. The molecule has 0 atom stereocenters. The van der Waals surface area contributed by atoms with E-state index in [9.17, 15) is 9.59 Å². The van der Waals surface area contributed by atoms with Crippen molar-refractivity contribution in [2.45, 2.75) is 34.6 Å². The Morgan fingerprint density at radius 1 is 1.05 bits per heavy atom. The van der Waals surface area contributed by atoms with E-state index in [-0.39, 0.29) is 11.8 Å². The third-order valence-electron chi connectivity index (χ3n) is 7.63. The van der Waals surface area contributed by atoms with Crippen LogP contribution >= 0.6 is 0 Å². The van der Waals surface area contributed by atoms with Crippen LogP contribution in [0.2, 0.25) is 0 Å². The lowest BCUT2D eigenvalue weighted by molar-refractivity contribution is -0.110. The van der Waals surface area contributed by atoms with Gasteiger partial charge in [-0.1, -0.05) is 38.1 Å². The van der Waals surface area contributed by atoms with E-state index in [1.807, 2.05) is 86.3 Å². The number of likely N-dealkylation sites (N-methyl/N-ethyl adjacent to an activating group) is 1. The van der Waals surface area contributed by atoms with Crippen molar-refractivity contribution >= 4 is 29.2 Å². The second kappa shape index (κ2) is 11.4. The molecule has 4 aromatic rings. The number of hydrogen-bond donors (Lipinski definition) is 3. The summed E-state index contributed by atoms with van der Waals surface area (Å²) in [6.07, 6.45) is 3.86. The second-order valence-corrected chi connectivity index (χ2v) is 10.1. The summed E-state index contributed by atoms with van der Waals surface area (Å²) in [5.41, 5.74) is 9.00. The molecule has 5 rings (SSSR count). The monoisotopic (exact) mass is 536 g/mol. The Hall–Kier alpha value is -4.43. The number of nitrogens with zero attached hydrogens (tertiary/aromatic N) is 3. The fraction of sp³-hybridized carbons (Fsp3) is 0.281. The fourth-order valence-electron chi connectivity index (χ4n) is 5.31. The minimum Gasteiger partial charge on any atom is -0.358 e. The molecular formula is C32H36N6O2. The summed E-state index contributed by atoms with van der Waals surface area (Å²) in [4.78, 5) is 31.7. The van der Waals surface area contributed by atoms with Gasteiger partial charge in [0, 0.05) is 47.5 Å². The Morgan fingerprint density at radius 3 is 2.52 bits per heavy atom. The summed E-state index contributed by atoms with van der Waals surface area (Å²) < 4.78 is 1.87. The molecule has 8 nitrogen and oxygen atoms in total. The summed E-state index contributed by atoms with van der Waals surface area (Å²) >= 11 is 0. The van der Waals surface area contributed by atoms with E-state index < -0.39 is 0 Å². The van der Waals surface area contributed by atoms with Gasteiger partial charge in [0.05, 0.1) is 22.5 Å². The van der Waals surface area contributed by atoms with Crippen molar-refractivity contribution in [3.8, 4) is 16.8 Å². The van der Waals surface area contributed by atoms with E-state index in [2.05, 4.69) is 34.4 Å². The molecule has 0 saturated heterocycles. The molecular weight excluding hydrogens is 500 g/mol. The summed E-state index contributed by atoms with van der Waals surface area (Å²) in [6.45, 7) is 13.3. The molecule has 40 heavy (non-hydrogen) atoms. The molecule has 0 bridgehead atoms. The predicted molar refractivity (Wildman–Crippen MR) is 161 cm³/mol. The number of hydrogen-bond acceptors (Lipinski definition) is 4. The zero-order chi connectivity index (χ0) is 28.4. The lowest BCUT2D eigenvalue weighted by Crippen LogP contribution is -2.35. The highest BCUT2D eigenvalue weighted by molar-refractivity contribution is 6.35. The Morgan fingerprint density at radius 2 is 1.80 bits per heavy atom. The molecule has 1 aliphatic rings. The van der Waals surface area contributed by atoms with Gasteiger partial charge in [0.25, 0.3) is 11.8 Å². The van der Waals surface area contributed by atoms with Crippen LogP contribution in [0.3, 0.4) is 0 Å². The lowest BCUT2D eigenvalue weighted by atomic mass is 9.98. The Kier molecular flexibility index (Phi) is 7.71. The van der Waals surface area contributed by atoms with Crippen molar-refractivity contribution in [1.82, 2.24) is 25.0 Å². The van der Waals surface area contributed by atoms with Crippen molar-refractivity contribution < 1.29 is 9.59 Å². The first kappa shape index (κ1) is 27.1. The van der Waals surface area contributed by atoms with Gasteiger partial charge >= 0.3 is 0 Å². The number of benzene rings is 2. The standard InChI is InChI=1S/C32H36N6O2/c1-6-37(7-2)16-15-33-32(40)30-20(3)29(34-22(30)5)18-26-25-17-23(13-14-28(25)35-31(26)39)27-19-38(36-21(27)4)24-11-9-8-10-12-24/h8-14,17-19,34H,6-7,15-16H2,1-5H3,(H,33,40)(H,35,39)/b26-18-. The van der Waals surface area contributed by atoms with Crippen LogP contribution in [0.4, 0.5) is 5.69 Å². The normalized spacial score (nSPS) is 13.7. The lowest BCUT2D eigenvalue weighted by Gasteiger charge is -2.18. The van der Waals surface area contributed by atoms with Gasteiger partial charge in [0.15, 0.2) is 0 Å². The molecule has 2 amide bonds. The van der Waals surface area contributed by atoms with Crippen LogP contribution < -0.4 is 10.6 Å². The Balaban J connectivity index is 1.43. The zero-order valence-electron chi connectivity index (χ0n) is 23.8. The van der Waals surface area contributed by atoms with Crippen molar-refractivity contribution in [3.63, 3.8) is 0 Å². The maximum absolute atomic E-state index is 13.0. The molecule has 8 heteroatoms. The molecule has 0 aliphatic carbocycles. The van der Waals surface area contributed by atoms with Crippen molar-refractivity contribution in [2.75, 3.05) is 31.5 Å². The number of amides is 2. The minimum absolute atomic E-state index is 0.104. The molecule has 3 N–H and O–H groups in total. The second-order valence-electron chi connectivity index (χ2n) is 10.1. The maximum atomic E-state index is 13.0. The van der Waals surface area contributed by atoms with Crippen LogP contribution in [0, 0.1) is 20.8 Å². The third-order valence-corrected chi connectivity index (χ3v) is 7.63. The number of anilines is 1. The van der Waals surface area contributed by atoms with Crippen LogP contribution in [0.25, 0.3) is 28.5 Å². The van der Waals surface area contributed by atoms with E-state index in [0.717, 1.165) is 70.3 Å². The number of nitrogens with one attached hydrogen (secondary N) is 3. The number of carbonyl (C=O) groups is 2. The minimum atomic E-state index is -0.166. The summed E-state index contributed by atoms with van der Waals surface area (Å²) in [6, 6.07) is 16.0. The first-order valence-electron chi connectivity index (χ1n) is 13.8. The molecule has 0 spiro atoms. The molecule has 1 aliphatic heterocycles. The Bertz CT molecular complexity index is 1590. The fourth-order valence-corrected chi connectivity index (χ4v) is 5.31. The van der Waals surface area contributed by atoms with Crippen LogP contribution in [0.5, 0.6) is 0 Å². The van der Waals surface area contributed by atoms with Crippen LogP contribution in [0.15, 0.2) is 54.7 Å². The van der Waals surface area contributed by atoms with Crippen molar-refractivity contribution in [3.05, 3.63) is 88.5 Å². The number of para-hydroxylation sites is 1. The first-order valence-corrected chi connectivity index (χ1v) is 13.8. The van der Waals surface area contributed by atoms with Crippen molar-refractivity contribution in [1.29, 1.82) is 0 Å². The number of H-pyrrole nitrogens is 1. The Labute approximate surface area is 235 Å². The topological polar surface area (TPSA) is 95.0 Å². The number of fused-ring (bicyclic) bond motifs is 1. The largest absolute Gasteiger partial charge is 0.358 e. The zero-order valence-corrected chi connectivity index (χ0v) is 23.8. The molecule has 2 aromatic carbocycles. The summed E-state index contributed by atoms with van der Waals surface area (Å²) in [7, 11) is 0. The van der Waals surface area contributed by atoms with Gasteiger partial charge < -0.3 is 20.5 Å². The predicted octanol–water partition coefficient (Wildman–Crippen LogP) is 5.36. The quantitative estimate of drug-likeness (QED) is 0.251. The van der Waals surface area contributed by atoms with Gasteiger partial charge in [-0.2, -0.15) is 5.10 Å². The average molecular weight is 537 g/mol. The number of carbonyl (C=O) groups excluding carboxylic acids is 2. The van der Waals surface area contributed by atoms with Crippen LogP contribution in [-0.2, 0) is 4.79 Å². The number of rotatable bonds is 9. The molecule has 0 fully saturated rings. The highest BCUT2D eigenvalue weighted by Gasteiger charge is 2.26. The molecule has 2 aromatic heterocycles. The average Bonchev–Trinajstić information content (AvgIpc) is 3.59. The number of aryl methyl sites for hydroxylation is 2. The van der Waals surface area contributed by atoms with Gasteiger partial charge in [-0.15, -0.1) is 0 Å². The molecule has 0 unspecified atom stereocenters. The molecule has 206 valence electrons. The van der Waals surface area contributed by atoms with Gasteiger partial charge in [0.1, 0.15) is 0 Å². The number of aromatic nitrogens is 3. The number of aromatic amines is 1. The molecule has 0 radical (unpaired) electrons. The third kappa shape index (κ3) is 5.22. The van der Waals surface area contributed by atoms with Gasteiger partial charge in [-0.25, -0.2) is 4.68 Å². The van der Waals surface area contributed by atoms with E-state index in [1.54, 1.807) is 0 Å². The van der Waals surface area contributed by atoms with Gasteiger partial charge in [0.2, 0.25) is 0 Å². The van der Waals surface area contributed by atoms with Crippen LogP contribution in [0.1, 0.15) is 52.4 Å². The highest BCUT2D eigenvalue weighted by atomic mass is 16.2. The maximum Gasteiger partial charge on any atom is 0.256 e. The smallest absolute Gasteiger partial charge is 0.256 e. The first-order chi connectivity index (χ1) is 19.3. The van der Waals surface area contributed by atoms with E-state index in [0.29, 0.717) is 17.7 Å². The van der Waals surface area contributed by atoms with E-state index in [4.69, 9.17) is 5.10 Å². The molecule has 3 heterocycles. The summed E-state index contributed by atoms with van der Waals surface area (Å²) in [5, 5.41) is 10.7. The van der Waals surface area contributed by atoms with E-state index >= 15 is 0 Å². The van der Waals surface area contributed by atoms with Crippen LogP contribution in [-0.4, -0.2) is 57.7 Å². The molecule has 0 saturated carbocycles. The highest BCUT2D eigenvalue weighted by Crippen LogP contribution is 2.37. The van der Waals surface area contributed by atoms with Gasteiger partial charge in [-0.3, -0.25) is 9.59 Å². The summed E-state index contributed by atoms with van der Waals surface area (Å²) in [5.74, 6) is -0.270. The van der Waals surface area contributed by atoms with Crippen molar-refractivity contribution in [2.24, 2.45) is 0 Å². The van der Waals surface area contributed by atoms with E-state index in [1.165, 1.54) is 0 Å².